The highest BCUT2D eigenvalue weighted by Crippen LogP contribution is 2.71. The van der Waals surface area contributed by atoms with Crippen LogP contribution >= 0.6 is 0 Å². The van der Waals surface area contributed by atoms with Gasteiger partial charge in [0.15, 0.2) is 5.78 Å². The molecule has 0 saturated heterocycles. The molecule has 0 spiro atoms. The number of hydrogen-bond acceptors (Lipinski definition) is 7. The minimum atomic E-state index is -2.12. The van der Waals surface area contributed by atoms with Crippen LogP contribution in [-0.4, -0.2) is 56.5 Å². The molecule has 204 valence electrons. The Balaban J connectivity index is 1.73. The maximum absolute atomic E-state index is 14.0. The van der Waals surface area contributed by atoms with E-state index < -0.39 is 59.1 Å². The van der Waals surface area contributed by atoms with Crippen molar-refractivity contribution in [2.75, 3.05) is 0 Å². The van der Waals surface area contributed by atoms with Gasteiger partial charge in [-0.15, -0.1) is 0 Å². The lowest BCUT2D eigenvalue weighted by molar-refractivity contribution is -0.182. The minimum absolute atomic E-state index is 0.0370. The summed E-state index contributed by atoms with van der Waals surface area (Å²) in [6, 6.07) is 0. The molecular weight excluding hydrogens is 480 g/mol. The standard InChI is InChI=1S/C28H38O9/c1-15(29)37-27(4,24(35)36)13-21(32)28(14-22(33)34)10-8-19-18-6-5-16-11-17(30)7-9-25(16,2)23(18)20(31)12-26(19,28)3/h11,18-20,23,31H,5-10,12-14H2,1-4H3,(H,33,34)(H,35,36)/t18-,19-,20-,23+,25-,26-,27?,28-/m0/s1. The number of rotatable bonds is 7. The lowest BCUT2D eigenvalue weighted by Gasteiger charge is -2.61. The van der Waals surface area contributed by atoms with Crippen molar-refractivity contribution in [3.05, 3.63) is 11.6 Å². The maximum Gasteiger partial charge on any atom is 0.348 e. The van der Waals surface area contributed by atoms with Gasteiger partial charge < -0.3 is 20.1 Å². The lowest BCUT2D eigenvalue weighted by atomic mass is 9.43. The van der Waals surface area contributed by atoms with E-state index in [1.807, 2.05) is 6.92 Å². The molecule has 0 aromatic carbocycles. The SMILES string of the molecule is CC(=O)OC(C)(CC(=O)[C@@]1(CC(=O)O)CC[C@H]2[C@@H]3CCC4=CC(=O)CC[C@]4(C)[C@H]3[C@@H](O)C[C@@]21C)C(=O)O. The third-order valence-electron chi connectivity index (χ3n) is 10.6. The van der Waals surface area contributed by atoms with Gasteiger partial charge in [0, 0.05) is 18.8 Å². The van der Waals surface area contributed by atoms with Gasteiger partial charge in [0.2, 0.25) is 5.60 Å². The molecule has 0 aliphatic heterocycles. The number of esters is 1. The summed E-state index contributed by atoms with van der Waals surface area (Å²) in [6.45, 7) is 6.22. The molecular formula is C28H38O9. The molecule has 9 heteroatoms. The molecule has 0 amide bonds. The first-order chi connectivity index (χ1) is 17.1. The van der Waals surface area contributed by atoms with E-state index in [9.17, 15) is 39.3 Å². The maximum atomic E-state index is 14.0. The quantitative estimate of drug-likeness (QED) is 0.430. The molecule has 3 N–H and O–H groups in total. The Morgan fingerprint density at radius 3 is 2.38 bits per heavy atom. The van der Waals surface area contributed by atoms with Crippen molar-refractivity contribution in [3.8, 4) is 0 Å². The number of Topliss-reactive ketones (excluding diaryl/α,β-unsaturated/α-hetero) is 1. The minimum Gasteiger partial charge on any atom is -0.481 e. The van der Waals surface area contributed by atoms with Gasteiger partial charge >= 0.3 is 17.9 Å². The number of carbonyl (C=O) groups excluding carboxylic acids is 3. The fraction of sp³-hybridized carbons (Fsp3) is 0.750. The Bertz CT molecular complexity index is 1080. The molecule has 3 fully saturated rings. The van der Waals surface area contributed by atoms with Crippen LogP contribution in [0.25, 0.3) is 0 Å². The zero-order chi connectivity index (χ0) is 27.6. The monoisotopic (exact) mass is 518 g/mol. The summed E-state index contributed by atoms with van der Waals surface area (Å²) in [7, 11) is 0. The van der Waals surface area contributed by atoms with E-state index in [2.05, 4.69) is 6.92 Å². The molecule has 4 aliphatic rings. The number of carbonyl (C=O) groups is 5. The average molecular weight is 519 g/mol. The highest BCUT2D eigenvalue weighted by atomic mass is 16.6. The van der Waals surface area contributed by atoms with E-state index in [1.165, 1.54) is 0 Å². The van der Waals surface area contributed by atoms with Gasteiger partial charge in [-0.1, -0.05) is 19.4 Å². The smallest absolute Gasteiger partial charge is 0.348 e. The summed E-state index contributed by atoms with van der Waals surface area (Å²) in [5.74, 6) is -4.01. The number of fused-ring (bicyclic) bond motifs is 5. The average Bonchev–Trinajstić information content (AvgIpc) is 3.05. The van der Waals surface area contributed by atoms with Crippen molar-refractivity contribution in [1.29, 1.82) is 0 Å². The molecule has 0 aromatic heterocycles. The number of carboxylic acid groups (broad SMARTS) is 2. The highest BCUT2D eigenvalue weighted by Gasteiger charge is 2.69. The normalized spacial score (nSPS) is 40.4. The fourth-order valence-corrected chi connectivity index (χ4v) is 8.86. The number of aliphatic hydroxyl groups is 1. The molecule has 0 heterocycles. The first-order valence-corrected chi connectivity index (χ1v) is 13.2. The van der Waals surface area contributed by atoms with E-state index in [-0.39, 0.29) is 41.8 Å². The molecule has 0 radical (unpaired) electrons. The van der Waals surface area contributed by atoms with Crippen LogP contribution in [0.4, 0.5) is 0 Å². The zero-order valence-corrected chi connectivity index (χ0v) is 22.0. The molecule has 9 nitrogen and oxygen atoms in total. The van der Waals surface area contributed by atoms with Crippen LogP contribution in [0.2, 0.25) is 0 Å². The number of hydrogen-bond donors (Lipinski definition) is 3. The molecule has 0 bridgehead atoms. The van der Waals surface area contributed by atoms with Gasteiger partial charge in [0.1, 0.15) is 5.78 Å². The third-order valence-corrected chi connectivity index (χ3v) is 10.6. The molecule has 37 heavy (non-hydrogen) atoms. The van der Waals surface area contributed by atoms with Crippen molar-refractivity contribution in [2.45, 2.75) is 97.2 Å². The van der Waals surface area contributed by atoms with Crippen LogP contribution in [0.1, 0.15) is 85.5 Å². The molecule has 3 saturated carbocycles. The van der Waals surface area contributed by atoms with E-state index in [1.54, 1.807) is 6.08 Å². The number of ketones is 2. The molecule has 0 aromatic rings. The van der Waals surface area contributed by atoms with E-state index in [0.29, 0.717) is 19.3 Å². The van der Waals surface area contributed by atoms with E-state index >= 15 is 0 Å². The van der Waals surface area contributed by atoms with Gasteiger partial charge in [0.25, 0.3) is 0 Å². The second-order valence-corrected chi connectivity index (χ2v) is 12.5. The predicted octanol–water partition coefficient (Wildman–Crippen LogP) is 3.32. The fourth-order valence-electron chi connectivity index (χ4n) is 8.86. The Labute approximate surface area is 216 Å². The van der Waals surface area contributed by atoms with Crippen molar-refractivity contribution < 1.29 is 44.0 Å². The van der Waals surface area contributed by atoms with Gasteiger partial charge in [-0.25, -0.2) is 4.79 Å². The van der Waals surface area contributed by atoms with Crippen molar-refractivity contribution >= 4 is 29.5 Å². The number of aliphatic carboxylic acids is 2. The predicted molar refractivity (Wildman–Crippen MR) is 130 cm³/mol. The summed E-state index contributed by atoms with van der Waals surface area (Å²) in [6.07, 6.45) is 3.47. The summed E-state index contributed by atoms with van der Waals surface area (Å²) >= 11 is 0. The largest absolute Gasteiger partial charge is 0.481 e. The Kier molecular flexibility index (Phi) is 6.71. The Morgan fingerprint density at radius 1 is 1.11 bits per heavy atom. The lowest BCUT2D eigenvalue weighted by Crippen LogP contribution is -2.60. The third kappa shape index (κ3) is 4.14. The van der Waals surface area contributed by atoms with Crippen molar-refractivity contribution in [3.63, 3.8) is 0 Å². The first kappa shape index (κ1) is 27.5. The van der Waals surface area contributed by atoms with Crippen LogP contribution in [0.3, 0.4) is 0 Å². The van der Waals surface area contributed by atoms with E-state index in [4.69, 9.17) is 4.74 Å². The Morgan fingerprint density at radius 2 is 1.78 bits per heavy atom. The summed E-state index contributed by atoms with van der Waals surface area (Å²) < 4.78 is 5.05. The molecule has 1 unspecified atom stereocenters. The van der Waals surface area contributed by atoms with Crippen molar-refractivity contribution in [2.24, 2.45) is 34.0 Å². The second-order valence-electron chi connectivity index (χ2n) is 12.5. The summed E-state index contributed by atoms with van der Waals surface area (Å²) in [5, 5.41) is 31.3. The molecule has 4 aliphatic carbocycles. The topological polar surface area (TPSA) is 155 Å². The van der Waals surface area contributed by atoms with Crippen LogP contribution < -0.4 is 0 Å². The molecule has 8 atom stereocenters. The van der Waals surface area contributed by atoms with Crippen LogP contribution in [0.5, 0.6) is 0 Å². The molecule has 4 rings (SSSR count). The summed E-state index contributed by atoms with van der Waals surface area (Å²) in [5.41, 5.74) is -3.63. The number of carboxylic acids is 2. The Hall–Kier alpha value is -2.55. The van der Waals surface area contributed by atoms with Gasteiger partial charge in [-0.05, 0) is 80.1 Å². The van der Waals surface area contributed by atoms with Crippen LogP contribution in [0, 0.1) is 34.0 Å². The number of aliphatic hydroxyl groups excluding tert-OH is 1. The number of ether oxygens (including phenoxy) is 1. The van der Waals surface area contributed by atoms with Gasteiger partial charge in [0.05, 0.1) is 18.9 Å². The van der Waals surface area contributed by atoms with E-state index in [0.717, 1.165) is 32.3 Å². The highest BCUT2D eigenvalue weighted by molar-refractivity contribution is 5.95. The van der Waals surface area contributed by atoms with Gasteiger partial charge in [-0.2, -0.15) is 0 Å². The van der Waals surface area contributed by atoms with Gasteiger partial charge in [-0.3, -0.25) is 19.2 Å². The zero-order valence-electron chi connectivity index (χ0n) is 22.0. The van der Waals surface area contributed by atoms with Crippen molar-refractivity contribution in [1.82, 2.24) is 0 Å². The number of allylic oxidation sites excluding steroid dienone is 1. The summed E-state index contributed by atoms with van der Waals surface area (Å²) in [4.78, 5) is 61.9. The van der Waals surface area contributed by atoms with Crippen LogP contribution in [-0.2, 0) is 28.7 Å². The second kappa shape index (κ2) is 9.03. The first-order valence-electron chi connectivity index (χ1n) is 13.2. The van der Waals surface area contributed by atoms with Crippen LogP contribution in [0.15, 0.2) is 11.6 Å².